The van der Waals surface area contributed by atoms with Crippen LogP contribution in [0.15, 0.2) is 53.1 Å². The third kappa shape index (κ3) is 4.03. The van der Waals surface area contributed by atoms with E-state index in [9.17, 15) is 9.18 Å². The lowest BCUT2D eigenvalue weighted by atomic mass is 10.1. The first-order valence-electron chi connectivity index (χ1n) is 8.87. The van der Waals surface area contributed by atoms with Gasteiger partial charge in [-0.1, -0.05) is 17.7 Å². The van der Waals surface area contributed by atoms with Crippen molar-refractivity contribution in [3.8, 4) is 11.3 Å². The Morgan fingerprint density at radius 3 is 2.89 bits per heavy atom. The normalized spacial score (nSPS) is 15.6. The predicted molar refractivity (Wildman–Crippen MR) is 101 cm³/mol. The highest BCUT2D eigenvalue weighted by atomic mass is 35.5. The van der Waals surface area contributed by atoms with Crippen molar-refractivity contribution in [3.63, 3.8) is 0 Å². The number of nitrogens with one attached hydrogen (secondary N) is 1. The van der Waals surface area contributed by atoms with Crippen molar-refractivity contribution < 1.29 is 13.6 Å². The van der Waals surface area contributed by atoms with E-state index >= 15 is 0 Å². The third-order valence-corrected chi connectivity index (χ3v) is 5.00. The van der Waals surface area contributed by atoms with Gasteiger partial charge < -0.3 is 9.73 Å². The lowest BCUT2D eigenvalue weighted by molar-refractivity contribution is -0.121. The van der Waals surface area contributed by atoms with Gasteiger partial charge in [-0.05, 0) is 60.4 Å². The Kier molecular flexibility index (Phi) is 4.94. The zero-order valence-electron chi connectivity index (χ0n) is 14.5. The fourth-order valence-electron chi connectivity index (χ4n) is 3.40. The first kappa shape index (κ1) is 17.7. The van der Waals surface area contributed by atoms with Crippen LogP contribution in [0.2, 0.25) is 5.02 Å². The number of amides is 1. The summed E-state index contributed by atoms with van der Waals surface area (Å²) in [5.74, 6) is 0.713. The predicted octanol–water partition coefficient (Wildman–Crippen LogP) is 4.87. The maximum Gasteiger partial charge on any atom is 0.220 e. The number of fused-ring (bicyclic) bond motifs is 1. The highest BCUT2D eigenvalue weighted by Gasteiger charge is 2.24. The summed E-state index contributed by atoms with van der Waals surface area (Å²) in [6.07, 6.45) is 4.10. The molecule has 27 heavy (non-hydrogen) atoms. The molecule has 0 bridgehead atoms. The van der Waals surface area contributed by atoms with Crippen molar-refractivity contribution in [3.05, 3.63) is 76.5 Å². The van der Waals surface area contributed by atoms with Crippen LogP contribution in [0.25, 0.3) is 11.3 Å². The first-order chi connectivity index (χ1) is 13.1. The summed E-state index contributed by atoms with van der Waals surface area (Å²) < 4.78 is 18.7. The van der Waals surface area contributed by atoms with Gasteiger partial charge in [0.1, 0.15) is 5.82 Å². The number of aryl methyl sites for hydroxylation is 2. The van der Waals surface area contributed by atoms with Gasteiger partial charge in [-0.15, -0.1) is 0 Å². The molecule has 1 aliphatic carbocycles. The molecule has 1 amide bonds. The molecule has 4 nitrogen and oxygen atoms in total. The summed E-state index contributed by atoms with van der Waals surface area (Å²) in [7, 11) is 0. The molecule has 0 saturated carbocycles. The number of aromatic nitrogens is 1. The standard InChI is InChI=1S/C21H18ClFN2O2/c22-15-4-7-17-14(11-15)3-8-18(17)25-20(26)9-10-21-24-12-19(27-21)13-1-5-16(23)6-2-13/h1-2,4-7,11-12,18H,3,8-10H2,(H,25,26)/t18-/m0/s1. The highest BCUT2D eigenvalue weighted by Crippen LogP contribution is 2.32. The Labute approximate surface area is 161 Å². The van der Waals surface area contributed by atoms with Gasteiger partial charge in [0, 0.05) is 23.4 Å². The van der Waals surface area contributed by atoms with Gasteiger partial charge in [0.05, 0.1) is 12.2 Å². The molecule has 1 heterocycles. The van der Waals surface area contributed by atoms with Gasteiger partial charge in [0.2, 0.25) is 5.91 Å². The summed E-state index contributed by atoms with van der Waals surface area (Å²) >= 11 is 6.03. The van der Waals surface area contributed by atoms with Crippen LogP contribution in [0.3, 0.4) is 0 Å². The molecular formula is C21H18ClFN2O2. The topological polar surface area (TPSA) is 55.1 Å². The second-order valence-corrected chi connectivity index (χ2v) is 7.06. The molecule has 1 aromatic heterocycles. The van der Waals surface area contributed by atoms with E-state index in [2.05, 4.69) is 10.3 Å². The van der Waals surface area contributed by atoms with Gasteiger partial charge in [-0.2, -0.15) is 0 Å². The summed E-state index contributed by atoms with van der Waals surface area (Å²) in [6.45, 7) is 0. The number of benzene rings is 2. The van der Waals surface area contributed by atoms with E-state index < -0.39 is 0 Å². The van der Waals surface area contributed by atoms with Gasteiger partial charge in [-0.25, -0.2) is 9.37 Å². The van der Waals surface area contributed by atoms with E-state index in [-0.39, 0.29) is 17.8 Å². The van der Waals surface area contributed by atoms with Crippen LogP contribution in [0, 0.1) is 5.82 Å². The molecule has 0 radical (unpaired) electrons. The van der Waals surface area contributed by atoms with Gasteiger partial charge >= 0.3 is 0 Å². The smallest absolute Gasteiger partial charge is 0.220 e. The molecule has 1 aliphatic rings. The van der Waals surface area contributed by atoms with E-state index in [1.807, 2.05) is 18.2 Å². The SMILES string of the molecule is O=C(CCc1ncc(-c2ccc(F)cc2)o1)N[C@H]1CCc2cc(Cl)ccc21. The van der Waals surface area contributed by atoms with Crippen molar-refractivity contribution in [2.24, 2.45) is 0 Å². The lowest BCUT2D eigenvalue weighted by Gasteiger charge is -2.14. The van der Waals surface area contributed by atoms with Crippen LogP contribution in [-0.4, -0.2) is 10.9 Å². The first-order valence-corrected chi connectivity index (χ1v) is 9.24. The monoisotopic (exact) mass is 384 g/mol. The Morgan fingerprint density at radius 1 is 1.26 bits per heavy atom. The summed E-state index contributed by atoms with van der Waals surface area (Å²) in [6, 6.07) is 11.9. The number of halogens is 2. The largest absolute Gasteiger partial charge is 0.441 e. The van der Waals surface area contributed by atoms with Crippen LogP contribution in [0.5, 0.6) is 0 Å². The van der Waals surface area contributed by atoms with Gasteiger partial charge in [0.25, 0.3) is 0 Å². The van der Waals surface area contributed by atoms with Crippen LogP contribution in [0.1, 0.15) is 35.9 Å². The number of carbonyl (C=O) groups excluding carboxylic acids is 1. The van der Waals surface area contributed by atoms with E-state index in [0.717, 1.165) is 29.0 Å². The molecule has 3 aromatic rings. The quantitative estimate of drug-likeness (QED) is 0.682. The minimum Gasteiger partial charge on any atom is -0.441 e. The van der Waals surface area contributed by atoms with Gasteiger partial charge in [-0.3, -0.25) is 4.79 Å². The fraction of sp³-hybridized carbons (Fsp3) is 0.238. The minimum atomic E-state index is -0.300. The molecule has 0 spiro atoms. The second kappa shape index (κ2) is 7.53. The maximum atomic E-state index is 13.0. The zero-order valence-corrected chi connectivity index (χ0v) is 15.3. The van der Waals surface area contributed by atoms with Crippen molar-refractivity contribution in [1.29, 1.82) is 0 Å². The van der Waals surface area contributed by atoms with Crippen molar-refractivity contribution in [1.82, 2.24) is 10.3 Å². The number of nitrogens with zero attached hydrogens (tertiary/aromatic N) is 1. The number of hydrogen-bond acceptors (Lipinski definition) is 3. The number of oxazole rings is 1. The molecule has 6 heteroatoms. The Hall–Kier alpha value is -2.66. The summed E-state index contributed by atoms with van der Waals surface area (Å²) in [4.78, 5) is 16.5. The molecule has 0 aliphatic heterocycles. The molecule has 138 valence electrons. The molecule has 1 N–H and O–H groups in total. The molecule has 1 atom stereocenters. The van der Waals surface area contributed by atoms with E-state index in [0.29, 0.717) is 24.5 Å². The number of carbonyl (C=O) groups is 1. The second-order valence-electron chi connectivity index (χ2n) is 6.63. The van der Waals surface area contributed by atoms with Gasteiger partial charge in [0.15, 0.2) is 11.7 Å². The van der Waals surface area contributed by atoms with Crippen LogP contribution in [-0.2, 0) is 17.6 Å². The Bertz CT molecular complexity index is 969. The number of rotatable bonds is 5. The van der Waals surface area contributed by atoms with Crippen molar-refractivity contribution >= 4 is 17.5 Å². The zero-order chi connectivity index (χ0) is 18.8. The molecule has 2 aromatic carbocycles. The minimum absolute atomic E-state index is 0.0316. The highest BCUT2D eigenvalue weighted by molar-refractivity contribution is 6.30. The third-order valence-electron chi connectivity index (χ3n) is 4.77. The average molecular weight is 385 g/mol. The van der Waals surface area contributed by atoms with Crippen LogP contribution >= 0.6 is 11.6 Å². The molecule has 4 rings (SSSR count). The van der Waals surface area contributed by atoms with Crippen LogP contribution in [0.4, 0.5) is 4.39 Å². The lowest BCUT2D eigenvalue weighted by Crippen LogP contribution is -2.27. The maximum absolute atomic E-state index is 13.0. The molecule has 0 unspecified atom stereocenters. The summed E-state index contributed by atoms with van der Waals surface area (Å²) in [5.41, 5.74) is 3.09. The number of hydrogen-bond donors (Lipinski definition) is 1. The summed E-state index contributed by atoms with van der Waals surface area (Å²) in [5, 5.41) is 3.80. The van der Waals surface area contributed by atoms with Crippen molar-refractivity contribution in [2.75, 3.05) is 0 Å². The van der Waals surface area contributed by atoms with Crippen molar-refractivity contribution in [2.45, 2.75) is 31.7 Å². The van der Waals surface area contributed by atoms with E-state index in [4.69, 9.17) is 16.0 Å². The van der Waals surface area contributed by atoms with E-state index in [1.165, 1.54) is 17.7 Å². The molecular weight excluding hydrogens is 367 g/mol. The fourth-order valence-corrected chi connectivity index (χ4v) is 3.59. The van der Waals surface area contributed by atoms with E-state index in [1.54, 1.807) is 18.3 Å². The molecule has 0 fully saturated rings. The average Bonchev–Trinajstić information content (AvgIpc) is 3.28. The Morgan fingerprint density at radius 2 is 2.07 bits per heavy atom. The van der Waals surface area contributed by atoms with Crippen LogP contribution < -0.4 is 5.32 Å². The Balaban J connectivity index is 1.33. The molecule has 0 saturated heterocycles.